The van der Waals surface area contributed by atoms with Crippen LogP contribution in [0.15, 0.2) is 12.3 Å². The molecule has 0 aliphatic carbocycles. The van der Waals surface area contributed by atoms with Crippen molar-refractivity contribution in [1.82, 2.24) is 5.32 Å². The van der Waals surface area contributed by atoms with Crippen molar-refractivity contribution in [2.75, 3.05) is 13.2 Å². The molecule has 0 radical (unpaired) electrons. The highest BCUT2D eigenvalue weighted by atomic mass is 28.4. The van der Waals surface area contributed by atoms with Gasteiger partial charge in [0.15, 0.2) is 8.32 Å². The van der Waals surface area contributed by atoms with Gasteiger partial charge in [-0.3, -0.25) is 9.59 Å². The molecule has 0 saturated carbocycles. The molecule has 2 N–H and O–H groups in total. The molecule has 1 aliphatic heterocycles. The number of ketones is 1. The van der Waals surface area contributed by atoms with Crippen molar-refractivity contribution in [2.45, 2.75) is 212 Å². The summed E-state index contributed by atoms with van der Waals surface area (Å²) in [5, 5.41) is 14.6. The van der Waals surface area contributed by atoms with Crippen LogP contribution in [0.4, 0.5) is 0 Å². The summed E-state index contributed by atoms with van der Waals surface area (Å²) in [6.45, 7) is 17.8. The molecular formula is C39H75NO7Si. The minimum absolute atomic E-state index is 0.00277. The fourth-order valence-electron chi connectivity index (χ4n) is 5.78. The summed E-state index contributed by atoms with van der Waals surface area (Å²) in [6, 6.07) is -0.789. The van der Waals surface area contributed by atoms with Gasteiger partial charge in [-0.05, 0) is 37.9 Å². The van der Waals surface area contributed by atoms with Gasteiger partial charge in [0.05, 0.1) is 19.3 Å². The Kier molecular flexibility index (Phi) is 23.9. The first kappa shape index (κ1) is 44.8. The summed E-state index contributed by atoms with van der Waals surface area (Å²) in [6.07, 6.45) is 20.0. The van der Waals surface area contributed by atoms with Gasteiger partial charge in [-0.2, -0.15) is 0 Å². The van der Waals surface area contributed by atoms with Crippen LogP contribution in [0.1, 0.15) is 164 Å². The first-order valence-electron chi connectivity index (χ1n) is 19.5. The highest BCUT2D eigenvalue weighted by Crippen LogP contribution is 2.37. The number of hydrogen-bond acceptors (Lipinski definition) is 7. The maximum absolute atomic E-state index is 13.2. The number of amides is 1. The largest absolute Gasteiger partial charge is 0.471 e. The molecule has 282 valence electrons. The topological polar surface area (TPSA) is 103 Å². The lowest BCUT2D eigenvalue weighted by Gasteiger charge is -2.45. The second kappa shape index (κ2) is 25.7. The number of aliphatic hydroxyl groups is 1. The molecule has 1 saturated heterocycles. The first-order chi connectivity index (χ1) is 22.9. The Hall–Kier alpha value is -1.26. The number of Topliss-reactive ketones (excluding diaryl/α,β-unsaturated/α-hetero) is 1. The zero-order valence-corrected chi connectivity index (χ0v) is 33.3. The van der Waals surface area contributed by atoms with Crippen LogP contribution in [-0.4, -0.2) is 69.0 Å². The van der Waals surface area contributed by atoms with Gasteiger partial charge in [0.1, 0.15) is 30.1 Å². The average Bonchev–Trinajstić information content (AvgIpc) is 3.02. The Morgan fingerprint density at radius 1 is 0.833 bits per heavy atom. The predicted octanol–water partition coefficient (Wildman–Crippen LogP) is 9.54. The standard InChI is InChI=1S/C39H75NO7Si/c1-9-12-14-16-18-20-21-23-25-27-32(41)30-34(42)40-35-37(44-29-26-24-22-19-17-15-13-10-2)36(43)33(47-38(35)45-28-11-3)31-46-48(7,8)39(4,5)6/h11,28,33,35-38,43H,9-10,12-27,29-31H2,1-8H3,(H,40,42)/b28-11-. The summed E-state index contributed by atoms with van der Waals surface area (Å²) in [4.78, 5) is 25.9. The number of carbonyl (C=O) groups excluding carboxylic acids is 2. The predicted molar refractivity (Wildman–Crippen MR) is 199 cm³/mol. The zero-order chi connectivity index (χ0) is 35.8. The van der Waals surface area contributed by atoms with E-state index in [1.165, 1.54) is 76.9 Å². The second-order valence-electron chi connectivity index (χ2n) is 15.4. The van der Waals surface area contributed by atoms with Gasteiger partial charge >= 0.3 is 0 Å². The molecule has 48 heavy (non-hydrogen) atoms. The molecule has 1 rings (SSSR count). The summed E-state index contributed by atoms with van der Waals surface area (Å²) in [5.41, 5.74) is 0. The minimum Gasteiger partial charge on any atom is -0.471 e. The fourth-order valence-corrected chi connectivity index (χ4v) is 6.79. The van der Waals surface area contributed by atoms with Crippen molar-refractivity contribution in [1.29, 1.82) is 0 Å². The lowest BCUT2D eigenvalue weighted by molar-refractivity contribution is -0.262. The van der Waals surface area contributed by atoms with E-state index in [9.17, 15) is 14.7 Å². The Balaban J connectivity index is 2.85. The Morgan fingerprint density at radius 3 is 1.88 bits per heavy atom. The summed E-state index contributed by atoms with van der Waals surface area (Å²) in [5.74, 6) is -0.474. The minimum atomic E-state index is -2.12. The Morgan fingerprint density at radius 2 is 1.35 bits per heavy atom. The number of carbonyl (C=O) groups is 2. The Bertz CT molecular complexity index is 875. The van der Waals surface area contributed by atoms with E-state index in [-0.39, 0.29) is 23.8 Å². The van der Waals surface area contributed by atoms with Crippen LogP contribution >= 0.6 is 0 Å². The van der Waals surface area contributed by atoms with E-state index in [0.717, 1.165) is 38.5 Å². The highest BCUT2D eigenvalue weighted by Gasteiger charge is 2.49. The smallest absolute Gasteiger partial charge is 0.227 e. The molecule has 0 bridgehead atoms. The van der Waals surface area contributed by atoms with E-state index in [0.29, 0.717) is 13.0 Å². The normalized spacial score (nSPS) is 21.9. The SMILES string of the molecule is C/C=C\OC1OC(CO[Si](C)(C)C(C)(C)C)C(O)C(OCCCCCCCCCC)C1NC(=O)CC(=O)CCCCCCCCCCC. The van der Waals surface area contributed by atoms with Gasteiger partial charge in [0, 0.05) is 13.0 Å². The van der Waals surface area contributed by atoms with Crippen molar-refractivity contribution in [2.24, 2.45) is 0 Å². The molecule has 0 aromatic heterocycles. The van der Waals surface area contributed by atoms with E-state index in [1.54, 1.807) is 6.08 Å². The van der Waals surface area contributed by atoms with Crippen LogP contribution in [0.3, 0.4) is 0 Å². The molecule has 1 heterocycles. The van der Waals surface area contributed by atoms with E-state index in [2.05, 4.69) is 53.0 Å². The number of rotatable bonds is 28. The third-order valence-electron chi connectivity index (χ3n) is 9.99. The highest BCUT2D eigenvalue weighted by molar-refractivity contribution is 6.74. The quantitative estimate of drug-likeness (QED) is 0.0363. The number of ether oxygens (including phenoxy) is 3. The van der Waals surface area contributed by atoms with Crippen LogP contribution in [-0.2, 0) is 28.2 Å². The number of nitrogens with one attached hydrogen (secondary N) is 1. The summed E-state index contributed by atoms with van der Waals surface area (Å²) >= 11 is 0. The van der Waals surface area contributed by atoms with E-state index in [4.69, 9.17) is 18.6 Å². The van der Waals surface area contributed by atoms with Crippen molar-refractivity contribution in [3.8, 4) is 0 Å². The van der Waals surface area contributed by atoms with Crippen LogP contribution in [0, 0.1) is 0 Å². The summed E-state index contributed by atoms with van der Waals surface area (Å²) < 4.78 is 25.0. The lowest BCUT2D eigenvalue weighted by Crippen LogP contribution is -2.66. The van der Waals surface area contributed by atoms with Crippen LogP contribution in [0.5, 0.6) is 0 Å². The van der Waals surface area contributed by atoms with Crippen LogP contribution in [0.25, 0.3) is 0 Å². The molecule has 5 unspecified atom stereocenters. The number of hydrogen-bond donors (Lipinski definition) is 2. The molecule has 9 heteroatoms. The number of unbranched alkanes of at least 4 members (excludes halogenated alkanes) is 15. The molecule has 0 aromatic carbocycles. The van der Waals surface area contributed by atoms with Crippen LogP contribution in [0.2, 0.25) is 18.1 Å². The van der Waals surface area contributed by atoms with E-state index < -0.39 is 44.9 Å². The first-order valence-corrected chi connectivity index (χ1v) is 22.5. The lowest BCUT2D eigenvalue weighted by atomic mass is 9.96. The monoisotopic (exact) mass is 698 g/mol. The van der Waals surface area contributed by atoms with E-state index >= 15 is 0 Å². The zero-order valence-electron chi connectivity index (χ0n) is 32.3. The molecule has 0 aromatic rings. The van der Waals surface area contributed by atoms with Crippen molar-refractivity contribution in [3.63, 3.8) is 0 Å². The maximum atomic E-state index is 13.2. The molecule has 0 spiro atoms. The maximum Gasteiger partial charge on any atom is 0.227 e. The average molecular weight is 698 g/mol. The van der Waals surface area contributed by atoms with Gasteiger partial charge in [0.25, 0.3) is 0 Å². The van der Waals surface area contributed by atoms with Crippen molar-refractivity contribution >= 4 is 20.0 Å². The third kappa shape index (κ3) is 18.7. The number of aliphatic hydroxyl groups excluding tert-OH is 1. The fraction of sp³-hybridized carbons (Fsp3) is 0.897. The second-order valence-corrected chi connectivity index (χ2v) is 20.2. The van der Waals surface area contributed by atoms with Gasteiger partial charge in [-0.15, -0.1) is 0 Å². The van der Waals surface area contributed by atoms with Gasteiger partial charge < -0.3 is 29.1 Å². The van der Waals surface area contributed by atoms with Gasteiger partial charge in [-0.25, -0.2) is 0 Å². The van der Waals surface area contributed by atoms with Gasteiger partial charge in [-0.1, -0.05) is 137 Å². The van der Waals surface area contributed by atoms with Crippen molar-refractivity contribution < 1.29 is 33.3 Å². The van der Waals surface area contributed by atoms with Gasteiger partial charge in [0.2, 0.25) is 12.2 Å². The molecule has 1 amide bonds. The summed E-state index contributed by atoms with van der Waals surface area (Å²) in [7, 11) is -2.12. The molecule has 1 aliphatic rings. The van der Waals surface area contributed by atoms with Crippen molar-refractivity contribution in [3.05, 3.63) is 12.3 Å². The third-order valence-corrected chi connectivity index (χ3v) is 14.5. The van der Waals surface area contributed by atoms with E-state index in [1.807, 2.05) is 6.92 Å². The van der Waals surface area contributed by atoms with Crippen LogP contribution < -0.4 is 5.32 Å². The molecule has 8 nitrogen and oxygen atoms in total. The number of allylic oxidation sites excluding steroid dienone is 1. The Labute approximate surface area is 296 Å². The molecular weight excluding hydrogens is 623 g/mol. The molecule has 5 atom stereocenters. The molecule has 1 fully saturated rings.